The number of carboxylic acids is 1. The molecule has 3 N–H and O–H groups in total. The number of aliphatic hydroxyl groups excluding tert-OH is 1. The normalized spacial score (nSPS) is 23.1. The second kappa shape index (κ2) is 7.87. The van der Waals surface area contributed by atoms with Crippen LogP contribution in [-0.2, 0) is 9.59 Å². The first-order chi connectivity index (χ1) is 10.9. The van der Waals surface area contributed by atoms with Gasteiger partial charge in [-0.15, -0.1) is 11.3 Å². The maximum absolute atomic E-state index is 12.1. The van der Waals surface area contributed by atoms with Gasteiger partial charge in [0, 0.05) is 24.0 Å². The summed E-state index contributed by atoms with van der Waals surface area (Å²) in [6, 6.07) is 3.61. The van der Waals surface area contributed by atoms with Gasteiger partial charge < -0.3 is 15.5 Å². The van der Waals surface area contributed by atoms with Crippen LogP contribution in [0.2, 0.25) is 0 Å². The van der Waals surface area contributed by atoms with Crippen molar-refractivity contribution in [3.05, 3.63) is 22.4 Å². The molecule has 0 radical (unpaired) electrons. The third-order valence-corrected chi connectivity index (χ3v) is 5.06. The summed E-state index contributed by atoms with van der Waals surface area (Å²) in [6.07, 6.45) is -0.651. The molecular formula is C15H23N3O4S. The van der Waals surface area contributed by atoms with Crippen molar-refractivity contribution in [3.63, 3.8) is 0 Å². The monoisotopic (exact) mass is 341 g/mol. The number of carbonyl (C=O) groups is 2. The van der Waals surface area contributed by atoms with Crippen LogP contribution in [0.4, 0.5) is 0 Å². The predicted molar refractivity (Wildman–Crippen MR) is 87.4 cm³/mol. The molecule has 0 aliphatic carbocycles. The van der Waals surface area contributed by atoms with Crippen LogP contribution in [-0.4, -0.2) is 77.3 Å². The lowest BCUT2D eigenvalue weighted by Gasteiger charge is -2.24. The molecule has 7 nitrogen and oxygen atoms in total. The number of aliphatic hydroxyl groups is 1. The Morgan fingerprint density at radius 2 is 2.26 bits per heavy atom. The van der Waals surface area contributed by atoms with Crippen molar-refractivity contribution in [3.8, 4) is 0 Å². The predicted octanol–water partition coefficient (Wildman–Crippen LogP) is -0.0132. The van der Waals surface area contributed by atoms with E-state index in [9.17, 15) is 14.7 Å². The molecule has 1 aromatic heterocycles. The first-order valence-corrected chi connectivity index (χ1v) is 8.40. The van der Waals surface area contributed by atoms with Crippen molar-refractivity contribution < 1.29 is 19.8 Å². The van der Waals surface area contributed by atoms with E-state index in [1.807, 2.05) is 29.3 Å². The number of likely N-dealkylation sites (tertiary alicyclic amines) is 1. The number of carbonyl (C=O) groups excluding carboxylic acids is 1. The molecule has 0 aromatic carbocycles. The molecule has 1 fully saturated rings. The molecule has 2 heterocycles. The smallest absolute Gasteiger partial charge is 0.317 e. The fraction of sp³-hybridized carbons (Fsp3) is 0.600. The maximum atomic E-state index is 12.1. The Labute approximate surface area is 139 Å². The molecule has 8 heteroatoms. The Morgan fingerprint density at radius 3 is 2.87 bits per heavy atom. The van der Waals surface area contributed by atoms with Gasteiger partial charge in [-0.3, -0.25) is 19.4 Å². The highest BCUT2D eigenvalue weighted by Crippen LogP contribution is 2.18. The minimum atomic E-state index is -0.930. The standard InChI is InChI=1S/C15H23N3O4S/c1-10(13-4-3-5-23-13)16-14(20)8-18-6-11(12(19)7-18)17(2)9-15(21)22/h3-5,10-12,19H,6-9H2,1-2H3,(H,16,20)(H,21,22)/t10-,11-,12+/m0/s1. The van der Waals surface area contributed by atoms with Crippen LogP contribution in [0.1, 0.15) is 17.8 Å². The van der Waals surface area contributed by atoms with E-state index in [1.165, 1.54) is 0 Å². The van der Waals surface area contributed by atoms with Crippen molar-refractivity contribution in [2.45, 2.75) is 25.1 Å². The fourth-order valence-corrected chi connectivity index (χ4v) is 3.57. The minimum Gasteiger partial charge on any atom is -0.480 e. The zero-order chi connectivity index (χ0) is 17.0. The van der Waals surface area contributed by atoms with Gasteiger partial charge in [-0.1, -0.05) is 6.07 Å². The Morgan fingerprint density at radius 1 is 1.52 bits per heavy atom. The van der Waals surface area contributed by atoms with Gasteiger partial charge in [-0.05, 0) is 25.4 Å². The van der Waals surface area contributed by atoms with Gasteiger partial charge in [0.15, 0.2) is 0 Å². The van der Waals surface area contributed by atoms with E-state index in [0.29, 0.717) is 13.1 Å². The Bertz CT molecular complexity index is 537. The Hall–Kier alpha value is -1.48. The summed E-state index contributed by atoms with van der Waals surface area (Å²) in [5, 5.41) is 23.8. The van der Waals surface area contributed by atoms with Crippen LogP contribution >= 0.6 is 11.3 Å². The number of amides is 1. The van der Waals surface area contributed by atoms with Gasteiger partial charge in [0.2, 0.25) is 5.91 Å². The van der Waals surface area contributed by atoms with Crippen LogP contribution < -0.4 is 5.32 Å². The second-order valence-electron chi connectivity index (χ2n) is 5.94. The molecule has 128 valence electrons. The van der Waals surface area contributed by atoms with E-state index >= 15 is 0 Å². The topological polar surface area (TPSA) is 93.1 Å². The van der Waals surface area contributed by atoms with Crippen molar-refractivity contribution in [2.75, 3.05) is 33.2 Å². The SMILES string of the molecule is C[C@H](NC(=O)CN1C[C@@H](O)[C@@H](N(C)CC(=O)O)C1)c1cccs1. The van der Waals surface area contributed by atoms with Crippen LogP contribution in [0.5, 0.6) is 0 Å². The molecule has 23 heavy (non-hydrogen) atoms. The van der Waals surface area contributed by atoms with E-state index in [0.717, 1.165) is 4.88 Å². The lowest BCUT2D eigenvalue weighted by molar-refractivity contribution is -0.138. The first kappa shape index (κ1) is 17.9. The highest BCUT2D eigenvalue weighted by molar-refractivity contribution is 7.10. The number of hydrogen-bond acceptors (Lipinski definition) is 6. The number of carboxylic acid groups (broad SMARTS) is 1. The zero-order valence-corrected chi connectivity index (χ0v) is 14.1. The van der Waals surface area contributed by atoms with Gasteiger partial charge in [0.25, 0.3) is 0 Å². The van der Waals surface area contributed by atoms with Crippen LogP contribution in [0.3, 0.4) is 0 Å². The molecule has 1 saturated heterocycles. The number of likely N-dealkylation sites (N-methyl/N-ethyl adjacent to an activating group) is 1. The zero-order valence-electron chi connectivity index (χ0n) is 13.3. The first-order valence-electron chi connectivity index (χ1n) is 7.52. The molecule has 1 amide bonds. The number of thiophene rings is 1. The summed E-state index contributed by atoms with van der Waals surface area (Å²) in [7, 11) is 1.67. The average molecular weight is 341 g/mol. The molecule has 0 unspecified atom stereocenters. The number of β-amino-alcohol motifs (C(OH)–C–C–N with tert-alkyl or cyclic N) is 1. The Kier molecular flexibility index (Phi) is 6.11. The summed E-state index contributed by atoms with van der Waals surface area (Å²) in [6.45, 7) is 2.86. The van der Waals surface area contributed by atoms with Crippen molar-refractivity contribution in [1.82, 2.24) is 15.1 Å². The van der Waals surface area contributed by atoms with Crippen molar-refractivity contribution in [2.24, 2.45) is 0 Å². The molecule has 1 aliphatic heterocycles. The molecule has 2 rings (SSSR count). The lowest BCUT2D eigenvalue weighted by Crippen LogP contribution is -2.43. The van der Waals surface area contributed by atoms with Crippen LogP contribution in [0, 0.1) is 0 Å². The summed E-state index contributed by atoms with van der Waals surface area (Å²) in [4.78, 5) is 27.5. The van der Waals surface area contributed by atoms with E-state index in [2.05, 4.69) is 5.32 Å². The average Bonchev–Trinajstić information content (AvgIpc) is 3.07. The van der Waals surface area contributed by atoms with Gasteiger partial charge in [0.1, 0.15) is 0 Å². The third kappa shape index (κ3) is 5.00. The molecular weight excluding hydrogens is 318 g/mol. The maximum Gasteiger partial charge on any atom is 0.317 e. The molecule has 3 atom stereocenters. The summed E-state index contributed by atoms with van der Waals surface area (Å²) < 4.78 is 0. The summed E-state index contributed by atoms with van der Waals surface area (Å²) in [5.41, 5.74) is 0. The highest BCUT2D eigenvalue weighted by atomic mass is 32.1. The molecule has 1 aliphatic rings. The highest BCUT2D eigenvalue weighted by Gasteiger charge is 2.35. The van der Waals surface area contributed by atoms with E-state index < -0.39 is 12.1 Å². The third-order valence-electron chi connectivity index (χ3n) is 4.00. The van der Waals surface area contributed by atoms with E-state index in [1.54, 1.807) is 23.3 Å². The van der Waals surface area contributed by atoms with Crippen molar-refractivity contribution >= 4 is 23.2 Å². The van der Waals surface area contributed by atoms with Gasteiger partial charge in [0.05, 0.1) is 25.2 Å². The largest absolute Gasteiger partial charge is 0.480 e. The molecule has 1 aromatic rings. The summed E-state index contributed by atoms with van der Waals surface area (Å²) in [5.74, 6) is -1.03. The molecule has 0 bridgehead atoms. The van der Waals surface area contributed by atoms with E-state index in [4.69, 9.17) is 5.11 Å². The van der Waals surface area contributed by atoms with Crippen LogP contribution in [0.25, 0.3) is 0 Å². The fourth-order valence-electron chi connectivity index (χ4n) is 2.84. The van der Waals surface area contributed by atoms with E-state index in [-0.39, 0.29) is 31.1 Å². The lowest BCUT2D eigenvalue weighted by atomic mass is 10.2. The quantitative estimate of drug-likeness (QED) is 0.646. The summed E-state index contributed by atoms with van der Waals surface area (Å²) >= 11 is 1.60. The number of rotatable bonds is 7. The van der Waals surface area contributed by atoms with Gasteiger partial charge >= 0.3 is 5.97 Å². The van der Waals surface area contributed by atoms with Gasteiger partial charge in [-0.2, -0.15) is 0 Å². The molecule has 0 spiro atoms. The second-order valence-corrected chi connectivity index (χ2v) is 6.92. The minimum absolute atomic E-state index is 0.0412. The molecule has 0 saturated carbocycles. The number of nitrogens with zero attached hydrogens (tertiary/aromatic N) is 2. The number of hydrogen-bond donors (Lipinski definition) is 3. The number of aliphatic carboxylic acids is 1. The Balaban J connectivity index is 1.82. The van der Waals surface area contributed by atoms with Crippen LogP contribution in [0.15, 0.2) is 17.5 Å². The van der Waals surface area contributed by atoms with Gasteiger partial charge in [-0.25, -0.2) is 0 Å². The van der Waals surface area contributed by atoms with Crippen molar-refractivity contribution in [1.29, 1.82) is 0 Å². The number of nitrogens with one attached hydrogen (secondary N) is 1.